The Labute approximate surface area is 138 Å². The molecule has 1 unspecified atom stereocenters. The summed E-state index contributed by atoms with van der Waals surface area (Å²) >= 11 is 5.87. The van der Waals surface area contributed by atoms with Gasteiger partial charge in [-0.3, -0.25) is 9.69 Å². The Bertz CT molecular complexity index is 753. The van der Waals surface area contributed by atoms with Crippen molar-refractivity contribution in [2.75, 3.05) is 0 Å². The first-order valence-electron chi connectivity index (χ1n) is 7.17. The number of benzene rings is 1. The largest absolute Gasteiger partial charge is 0.487 e. The Balaban J connectivity index is 2.25. The van der Waals surface area contributed by atoms with Gasteiger partial charge in [-0.25, -0.2) is 4.79 Å². The van der Waals surface area contributed by atoms with Gasteiger partial charge in [-0.05, 0) is 43.2 Å². The lowest BCUT2D eigenvalue weighted by Gasteiger charge is -2.37. The number of nitrogens with zero attached hydrogens (tertiary/aromatic N) is 1. The van der Waals surface area contributed by atoms with Crippen LogP contribution in [0.25, 0.3) is 0 Å². The number of para-hydroxylation sites is 1. The molecule has 2 aliphatic rings. The Morgan fingerprint density at radius 2 is 2.04 bits per heavy atom. The van der Waals surface area contributed by atoms with Crippen molar-refractivity contribution in [1.82, 2.24) is 4.90 Å². The van der Waals surface area contributed by atoms with E-state index in [9.17, 15) is 14.7 Å². The van der Waals surface area contributed by atoms with Crippen molar-refractivity contribution >= 4 is 22.9 Å². The molecule has 0 fully saturated rings. The lowest BCUT2D eigenvalue weighted by Crippen LogP contribution is -2.50. The van der Waals surface area contributed by atoms with E-state index >= 15 is 0 Å². The molecule has 0 spiro atoms. The van der Waals surface area contributed by atoms with Crippen LogP contribution in [0.4, 0.5) is 4.79 Å². The fourth-order valence-electron chi connectivity index (χ4n) is 3.14. The van der Waals surface area contributed by atoms with Crippen molar-refractivity contribution in [3.8, 4) is 5.75 Å². The Morgan fingerprint density at radius 3 is 2.70 bits per heavy atom. The lowest BCUT2D eigenvalue weighted by atomic mass is 9.85. The van der Waals surface area contributed by atoms with Gasteiger partial charge in [0, 0.05) is 18.2 Å². The highest BCUT2D eigenvalue weighted by molar-refractivity contribution is 6.66. The third-order valence-electron chi connectivity index (χ3n) is 4.07. The minimum atomic E-state index is -1.63. The lowest BCUT2D eigenvalue weighted by molar-refractivity contribution is -0.119. The third kappa shape index (κ3) is 2.32. The van der Waals surface area contributed by atoms with Crippen LogP contribution in [0.3, 0.4) is 0 Å². The number of carboxylic acid groups (broad SMARTS) is 1. The summed E-state index contributed by atoms with van der Waals surface area (Å²) in [4.78, 5) is 24.9. The van der Waals surface area contributed by atoms with Gasteiger partial charge in [0.25, 0.3) is 5.24 Å². The Hall–Kier alpha value is -2.27. The van der Waals surface area contributed by atoms with Crippen molar-refractivity contribution in [1.29, 1.82) is 0 Å². The van der Waals surface area contributed by atoms with E-state index in [4.69, 9.17) is 16.3 Å². The summed E-state index contributed by atoms with van der Waals surface area (Å²) in [6.07, 6.45) is 5.37. The van der Waals surface area contributed by atoms with Gasteiger partial charge in [-0.15, -0.1) is 0 Å². The first-order valence-corrected chi connectivity index (χ1v) is 7.55. The molecule has 0 saturated heterocycles. The number of rotatable bonds is 2. The second kappa shape index (κ2) is 5.13. The molecule has 6 heteroatoms. The van der Waals surface area contributed by atoms with Crippen molar-refractivity contribution in [3.05, 3.63) is 53.8 Å². The van der Waals surface area contributed by atoms with E-state index in [0.29, 0.717) is 17.7 Å². The number of carbonyl (C=O) groups is 2. The second-order valence-corrected chi connectivity index (χ2v) is 6.57. The molecule has 5 nitrogen and oxygen atoms in total. The van der Waals surface area contributed by atoms with Gasteiger partial charge in [0.1, 0.15) is 11.4 Å². The van der Waals surface area contributed by atoms with E-state index in [1.807, 2.05) is 19.9 Å². The minimum absolute atomic E-state index is 0.419. The number of fused-ring (bicyclic) bond motifs is 1. The van der Waals surface area contributed by atoms with Crippen LogP contribution >= 0.6 is 11.6 Å². The zero-order valence-corrected chi connectivity index (χ0v) is 13.5. The number of carbonyl (C=O) groups excluding carboxylic acids is 1. The van der Waals surface area contributed by atoms with E-state index in [-0.39, 0.29) is 0 Å². The molecule has 120 valence electrons. The number of ether oxygens (including phenoxy) is 1. The number of halogens is 1. The molecule has 1 atom stereocenters. The molecule has 1 aromatic rings. The van der Waals surface area contributed by atoms with Gasteiger partial charge in [-0.1, -0.05) is 24.3 Å². The van der Waals surface area contributed by atoms with Crippen LogP contribution in [0.15, 0.2) is 42.6 Å². The van der Waals surface area contributed by atoms with E-state index in [1.165, 1.54) is 12.3 Å². The SMILES string of the molecule is CC1(C)Cc2cccc(C3(C(=O)Cl)C=CC=CN3C(=O)O)c2O1. The normalized spacial score (nSPS) is 24.2. The summed E-state index contributed by atoms with van der Waals surface area (Å²) in [6, 6.07) is 5.38. The number of amides is 1. The van der Waals surface area contributed by atoms with Gasteiger partial charge in [0.15, 0.2) is 5.54 Å². The van der Waals surface area contributed by atoms with Crippen LogP contribution in [-0.2, 0) is 16.8 Å². The molecule has 2 heterocycles. The van der Waals surface area contributed by atoms with E-state index in [2.05, 4.69) is 0 Å². The molecular weight excluding hydrogens is 318 g/mol. The maximum Gasteiger partial charge on any atom is 0.412 e. The van der Waals surface area contributed by atoms with E-state index in [0.717, 1.165) is 10.5 Å². The van der Waals surface area contributed by atoms with Crippen LogP contribution in [0.5, 0.6) is 5.75 Å². The zero-order valence-electron chi connectivity index (χ0n) is 12.7. The number of hydrogen-bond acceptors (Lipinski definition) is 3. The highest BCUT2D eigenvalue weighted by atomic mass is 35.5. The average Bonchev–Trinajstić information content (AvgIpc) is 2.80. The second-order valence-electron chi connectivity index (χ2n) is 6.23. The zero-order chi connectivity index (χ0) is 16.8. The van der Waals surface area contributed by atoms with Crippen LogP contribution < -0.4 is 4.74 Å². The van der Waals surface area contributed by atoms with Crippen molar-refractivity contribution in [2.24, 2.45) is 0 Å². The van der Waals surface area contributed by atoms with Gasteiger partial charge >= 0.3 is 6.09 Å². The standard InChI is InChI=1S/C17H16ClNO4/c1-16(2)10-11-6-5-7-12(13(11)23-16)17(14(18)20)8-3-4-9-19(17)15(21)22/h3-9H,10H2,1-2H3,(H,21,22). The Morgan fingerprint density at radius 1 is 1.30 bits per heavy atom. The summed E-state index contributed by atoms with van der Waals surface area (Å²) < 4.78 is 5.99. The Kier molecular flexibility index (Phi) is 3.48. The van der Waals surface area contributed by atoms with Crippen molar-refractivity contribution in [2.45, 2.75) is 31.4 Å². The quantitative estimate of drug-likeness (QED) is 0.842. The van der Waals surface area contributed by atoms with Crippen molar-refractivity contribution < 1.29 is 19.4 Å². The predicted molar refractivity (Wildman–Crippen MR) is 85.5 cm³/mol. The number of hydrogen-bond donors (Lipinski definition) is 1. The molecule has 1 amide bonds. The third-order valence-corrected chi connectivity index (χ3v) is 4.36. The average molecular weight is 334 g/mol. The summed E-state index contributed by atoms with van der Waals surface area (Å²) in [5.74, 6) is 0.526. The van der Waals surface area contributed by atoms with Gasteiger partial charge in [0.2, 0.25) is 0 Å². The molecule has 0 bridgehead atoms. The summed E-state index contributed by atoms with van der Waals surface area (Å²) in [5, 5.41) is 8.72. The van der Waals surface area contributed by atoms with Crippen LogP contribution in [0.1, 0.15) is 25.0 Å². The molecule has 0 aliphatic carbocycles. The summed E-state index contributed by atoms with van der Waals surface area (Å²) in [7, 11) is 0. The van der Waals surface area contributed by atoms with E-state index < -0.39 is 22.5 Å². The monoisotopic (exact) mass is 333 g/mol. The van der Waals surface area contributed by atoms with Crippen LogP contribution in [0.2, 0.25) is 0 Å². The highest BCUT2D eigenvalue weighted by Crippen LogP contribution is 2.46. The fourth-order valence-corrected chi connectivity index (χ4v) is 3.40. The first kappa shape index (κ1) is 15.6. The molecule has 2 aliphatic heterocycles. The first-order chi connectivity index (χ1) is 10.8. The van der Waals surface area contributed by atoms with Crippen LogP contribution in [0, 0.1) is 0 Å². The maximum atomic E-state index is 12.3. The summed E-state index contributed by atoms with van der Waals surface area (Å²) in [5.41, 5.74) is -0.688. The molecule has 3 rings (SSSR count). The molecule has 1 aromatic carbocycles. The molecule has 0 saturated carbocycles. The van der Waals surface area contributed by atoms with E-state index in [1.54, 1.807) is 24.3 Å². The fraction of sp³-hybridized carbons (Fsp3) is 0.294. The molecule has 1 N–H and O–H groups in total. The highest BCUT2D eigenvalue weighted by Gasteiger charge is 2.49. The van der Waals surface area contributed by atoms with Gasteiger partial charge < -0.3 is 9.84 Å². The summed E-state index contributed by atoms with van der Waals surface area (Å²) in [6.45, 7) is 3.88. The molecule has 23 heavy (non-hydrogen) atoms. The van der Waals surface area contributed by atoms with Gasteiger partial charge in [-0.2, -0.15) is 0 Å². The maximum absolute atomic E-state index is 12.3. The predicted octanol–water partition coefficient (Wildman–Crippen LogP) is 3.42. The smallest absolute Gasteiger partial charge is 0.412 e. The van der Waals surface area contributed by atoms with Crippen LogP contribution in [-0.4, -0.2) is 26.9 Å². The molecule has 0 radical (unpaired) electrons. The topological polar surface area (TPSA) is 66.8 Å². The molecule has 0 aromatic heterocycles. The molecular formula is C17H16ClNO4. The number of allylic oxidation sites excluding steroid dienone is 2. The van der Waals surface area contributed by atoms with Crippen molar-refractivity contribution in [3.63, 3.8) is 0 Å². The minimum Gasteiger partial charge on any atom is -0.487 e. The van der Waals surface area contributed by atoms with Gasteiger partial charge in [0.05, 0.1) is 0 Å².